The number of nitrogens with one attached hydrogen (secondary N) is 1. The van der Waals surface area contributed by atoms with Crippen LogP contribution in [-0.4, -0.2) is 69.3 Å². The minimum absolute atomic E-state index is 0.0211. The number of rotatable bonds is 6. The lowest BCUT2D eigenvalue weighted by molar-refractivity contribution is -0.136. The fraction of sp³-hybridized carbons (Fsp3) is 0.375. The van der Waals surface area contributed by atoms with Crippen LogP contribution >= 0.6 is 0 Å². The first-order valence-electron chi connectivity index (χ1n) is 14.5. The number of carbonyl (C=O) groups is 2. The number of aryl methyl sites for hydroxylation is 1. The third-order valence-electron chi connectivity index (χ3n) is 8.58. The molecule has 2 aromatic carbocycles. The summed E-state index contributed by atoms with van der Waals surface area (Å²) in [6, 6.07) is 9.04. The summed E-state index contributed by atoms with van der Waals surface area (Å²) >= 11 is 0. The smallest absolute Gasteiger partial charge is 0.254 e. The number of hydrogen-bond donors (Lipinski definition) is 1. The van der Waals surface area contributed by atoms with Gasteiger partial charge in [-0.05, 0) is 68.1 Å². The van der Waals surface area contributed by atoms with Crippen LogP contribution in [0.2, 0.25) is 0 Å². The summed E-state index contributed by atoms with van der Waals surface area (Å²) in [5.41, 5.74) is 4.76. The first kappa shape index (κ1) is 27.7. The average molecular weight is 571 g/mol. The van der Waals surface area contributed by atoms with Crippen LogP contribution in [-0.2, 0) is 4.79 Å². The number of amides is 2. The van der Waals surface area contributed by atoms with Gasteiger partial charge in [0, 0.05) is 61.3 Å². The number of ether oxygens (including phenoxy) is 1. The Morgan fingerprint density at radius 3 is 2.45 bits per heavy atom. The quantitative estimate of drug-likeness (QED) is 0.335. The standard InChI is InChI=1S/C32H35FN6O3/c1-20-18-23(8-9-24(20)32(41)38-16-14-37(15-17-38)31(40)22-6-4-5-7-22)36-29-30-35-19-26(39(30)13-12-34-29)25-10-11-27(42-3)28(33)21(25)2/h8-13,18-19,22H,4-7,14-17H2,1-3H3,(H,34,36). The molecule has 218 valence electrons. The zero-order valence-corrected chi connectivity index (χ0v) is 24.2. The Morgan fingerprint density at radius 1 is 1.00 bits per heavy atom. The summed E-state index contributed by atoms with van der Waals surface area (Å²) in [6.45, 7) is 5.90. The van der Waals surface area contributed by atoms with Gasteiger partial charge in [-0.15, -0.1) is 0 Å². The Balaban J connectivity index is 1.16. The summed E-state index contributed by atoms with van der Waals surface area (Å²) in [7, 11) is 1.45. The maximum atomic E-state index is 14.8. The zero-order chi connectivity index (χ0) is 29.4. The monoisotopic (exact) mass is 570 g/mol. The Hall–Kier alpha value is -4.47. The second-order valence-electron chi connectivity index (χ2n) is 11.1. The van der Waals surface area contributed by atoms with Crippen molar-refractivity contribution in [1.29, 1.82) is 0 Å². The van der Waals surface area contributed by atoms with Crippen molar-refractivity contribution in [2.24, 2.45) is 5.92 Å². The number of hydrogen-bond acceptors (Lipinski definition) is 6. The van der Waals surface area contributed by atoms with Gasteiger partial charge in [-0.25, -0.2) is 14.4 Å². The van der Waals surface area contributed by atoms with E-state index in [4.69, 9.17) is 4.74 Å². The van der Waals surface area contributed by atoms with Gasteiger partial charge < -0.3 is 19.9 Å². The molecular formula is C32H35FN6O3. The van der Waals surface area contributed by atoms with E-state index in [0.29, 0.717) is 54.3 Å². The SMILES string of the molecule is COc1ccc(-c2cnc3c(Nc4ccc(C(=O)N5CCN(C(=O)C6CCCC6)CC5)c(C)c4)nccn23)c(C)c1F. The Bertz CT molecular complexity index is 1650. The number of nitrogens with zero attached hydrogens (tertiary/aromatic N) is 5. The molecule has 0 radical (unpaired) electrons. The van der Waals surface area contributed by atoms with Crippen LogP contribution in [0.4, 0.5) is 15.9 Å². The summed E-state index contributed by atoms with van der Waals surface area (Å²) in [6.07, 6.45) is 9.41. The largest absolute Gasteiger partial charge is 0.494 e. The van der Waals surface area contributed by atoms with Crippen molar-refractivity contribution in [3.05, 3.63) is 71.4 Å². The molecule has 42 heavy (non-hydrogen) atoms. The Labute approximate surface area is 244 Å². The van der Waals surface area contributed by atoms with E-state index >= 15 is 0 Å². The van der Waals surface area contributed by atoms with Crippen molar-refractivity contribution >= 4 is 29.0 Å². The second-order valence-corrected chi connectivity index (χ2v) is 11.1. The average Bonchev–Trinajstić information content (AvgIpc) is 3.70. The molecule has 1 aliphatic heterocycles. The number of piperazine rings is 1. The highest BCUT2D eigenvalue weighted by atomic mass is 19.1. The fourth-order valence-electron chi connectivity index (χ4n) is 6.15. The molecule has 1 saturated heterocycles. The van der Waals surface area contributed by atoms with Crippen molar-refractivity contribution in [3.63, 3.8) is 0 Å². The number of carbonyl (C=O) groups excluding carboxylic acids is 2. The van der Waals surface area contributed by atoms with E-state index in [0.717, 1.165) is 42.6 Å². The second kappa shape index (κ2) is 11.4. The van der Waals surface area contributed by atoms with Crippen LogP contribution in [0.25, 0.3) is 16.9 Å². The van der Waals surface area contributed by atoms with Gasteiger partial charge in [-0.3, -0.25) is 14.0 Å². The van der Waals surface area contributed by atoms with Crippen LogP contribution in [0.15, 0.2) is 48.9 Å². The lowest BCUT2D eigenvalue weighted by Gasteiger charge is -2.36. The van der Waals surface area contributed by atoms with Gasteiger partial charge in [-0.2, -0.15) is 0 Å². The molecule has 3 heterocycles. The molecule has 1 aliphatic carbocycles. The van der Waals surface area contributed by atoms with E-state index in [-0.39, 0.29) is 23.5 Å². The third-order valence-corrected chi connectivity index (χ3v) is 8.58. The molecule has 2 aromatic heterocycles. The number of aromatic nitrogens is 3. The molecule has 1 N–H and O–H groups in total. The van der Waals surface area contributed by atoms with Crippen LogP contribution in [0.5, 0.6) is 5.75 Å². The number of halogens is 1. The summed E-state index contributed by atoms with van der Waals surface area (Å²) < 4.78 is 21.7. The van der Waals surface area contributed by atoms with Gasteiger partial charge >= 0.3 is 0 Å². The van der Waals surface area contributed by atoms with Crippen molar-refractivity contribution in [2.75, 3.05) is 38.6 Å². The Morgan fingerprint density at radius 2 is 1.74 bits per heavy atom. The first-order valence-corrected chi connectivity index (χ1v) is 14.5. The highest BCUT2D eigenvalue weighted by Gasteiger charge is 2.31. The maximum absolute atomic E-state index is 14.8. The number of fused-ring (bicyclic) bond motifs is 1. The summed E-state index contributed by atoms with van der Waals surface area (Å²) in [5, 5.41) is 3.33. The van der Waals surface area contributed by atoms with Crippen molar-refractivity contribution in [3.8, 4) is 17.0 Å². The topological polar surface area (TPSA) is 92.1 Å². The van der Waals surface area contributed by atoms with Gasteiger partial charge in [0.1, 0.15) is 0 Å². The number of imidazole rings is 1. The highest BCUT2D eigenvalue weighted by molar-refractivity contribution is 5.96. The zero-order valence-electron chi connectivity index (χ0n) is 24.2. The van der Waals surface area contributed by atoms with E-state index in [9.17, 15) is 14.0 Å². The molecule has 9 nitrogen and oxygen atoms in total. The maximum Gasteiger partial charge on any atom is 0.254 e. The van der Waals surface area contributed by atoms with Gasteiger partial charge in [0.25, 0.3) is 5.91 Å². The summed E-state index contributed by atoms with van der Waals surface area (Å²) in [4.78, 5) is 39.0. The lowest BCUT2D eigenvalue weighted by atomic mass is 10.0. The van der Waals surface area contributed by atoms with Crippen LogP contribution in [0, 0.1) is 25.6 Å². The predicted molar refractivity (Wildman–Crippen MR) is 159 cm³/mol. The van der Waals surface area contributed by atoms with Gasteiger partial charge in [0.05, 0.1) is 19.0 Å². The summed E-state index contributed by atoms with van der Waals surface area (Å²) in [5.74, 6) is 0.734. The van der Waals surface area contributed by atoms with E-state index in [1.165, 1.54) is 7.11 Å². The van der Waals surface area contributed by atoms with Crippen LogP contribution in [0.3, 0.4) is 0 Å². The van der Waals surface area contributed by atoms with E-state index < -0.39 is 5.82 Å². The van der Waals surface area contributed by atoms with E-state index in [1.54, 1.807) is 31.6 Å². The molecule has 6 rings (SSSR count). The molecule has 4 aromatic rings. The van der Waals surface area contributed by atoms with Gasteiger partial charge in [-0.1, -0.05) is 12.8 Å². The first-order chi connectivity index (χ1) is 20.4. The highest BCUT2D eigenvalue weighted by Crippen LogP contribution is 2.32. The molecule has 0 atom stereocenters. The third kappa shape index (κ3) is 5.06. The van der Waals surface area contributed by atoms with E-state index in [2.05, 4.69) is 15.3 Å². The number of anilines is 2. The number of methoxy groups -OCH3 is 1. The lowest BCUT2D eigenvalue weighted by Crippen LogP contribution is -2.51. The molecule has 0 bridgehead atoms. The van der Waals surface area contributed by atoms with Crippen molar-refractivity contribution in [1.82, 2.24) is 24.2 Å². The molecular weight excluding hydrogens is 535 g/mol. The van der Waals surface area contributed by atoms with Gasteiger partial charge in [0.15, 0.2) is 23.0 Å². The molecule has 0 spiro atoms. The molecule has 10 heteroatoms. The molecule has 2 fully saturated rings. The molecule has 0 unspecified atom stereocenters. The number of benzene rings is 2. The minimum atomic E-state index is -0.401. The van der Waals surface area contributed by atoms with Gasteiger partial charge in [0.2, 0.25) is 5.91 Å². The molecule has 1 saturated carbocycles. The predicted octanol–water partition coefficient (Wildman–Crippen LogP) is 5.38. The minimum Gasteiger partial charge on any atom is -0.494 e. The normalized spacial score (nSPS) is 15.8. The van der Waals surface area contributed by atoms with E-state index in [1.807, 2.05) is 45.4 Å². The molecule has 2 amide bonds. The van der Waals surface area contributed by atoms with Crippen LogP contribution < -0.4 is 10.1 Å². The Kier molecular flexibility index (Phi) is 7.53. The van der Waals surface area contributed by atoms with Crippen molar-refractivity contribution in [2.45, 2.75) is 39.5 Å². The van der Waals surface area contributed by atoms with Crippen molar-refractivity contribution < 1.29 is 18.7 Å². The molecule has 2 aliphatic rings. The fourth-order valence-corrected chi connectivity index (χ4v) is 6.15. The van der Waals surface area contributed by atoms with Crippen LogP contribution in [0.1, 0.15) is 47.2 Å².